The van der Waals surface area contributed by atoms with Gasteiger partial charge in [0, 0.05) is 28.7 Å². The van der Waals surface area contributed by atoms with Crippen molar-refractivity contribution in [1.29, 1.82) is 0 Å². The maximum atomic E-state index is 13.0. The Bertz CT molecular complexity index is 1020. The first-order valence-electron chi connectivity index (χ1n) is 9.49. The van der Waals surface area contributed by atoms with E-state index in [2.05, 4.69) is 6.92 Å². The topological polar surface area (TPSA) is 54.5 Å². The molecule has 1 fully saturated rings. The zero-order chi connectivity index (χ0) is 21.0. The zero-order valence-electron chi connectivity index (χ0n) is 16.1. The number of amides is 1. The third kappa shape index (κ3) is 5.84. The van der Waals surface area contributed by atoms with Crippen LogP contribution in [-0.4, -0.2) is 36.8 Å². The van der Waals surface area contributed by atoms with Crippen molar-refractivity contribution in [2.75, 3.05) is 11.5 Å². The molecule has 1 atom stereocenters. The largest absolute Gasteiger partial charge is 0.331 e. The fourth-order valence-electron chi connectivity index (χ4n) is 3.38. The van der Waals surface area contributed by atoms with Crippen LogP contribution in [0.3, 0.4) is 0 Å². The van der Waals surface area contributed by atoms with Crippen LogP contribution >= 0.6 is 23.2 Å². The van der Waals surface area contributed by atoms with Gasteiger partial charge in [-0.15, -0.1) is 0 Å². The van der Waals surface area contributed by atoms with Crippen molar-refractivity contribution in [3.05, 3.63) is 75.3 Å². The lowest BCUT2D eigenvalue weighted by atomic mass is 10.1. The van der Waals surface area contributed by atoms with E-state index in [9.17, 15) is 13.2 Å². The monoisotopic (exact) mass is 451 g/mol. The number of aryl methyl sites for hydroxylation is 1. The van der Waals surface area contributed by atoms with Crippen LogP contribution < -0.4 is 0 Å². The summed E-state index contributed by atoms with van der Waals surface area (Å²) in [5.74, 6) is -0.123. The number of nitrogens with zero attached hydrogens (tertiary/aromatic N) is 1. The third-order valence-electron chi connectivity index (χ3n) is 5.08. The molecule has 0 saturated carbocycles. The number of hydrogen-bond acceptors (Lipinski definition) is 3. The standard InChI is InChI=1S/C22H23Cl2NO3S/c1-2-16-3-5-17(6-4-16)14-25(20-11-12-29(27,28)15-20)22(26)10-8-18-7-9-19(23)13-21(18)24/h3-10,13,20H,2,11-12,14-15H2,1H3. The highest BCUT2D eigenvalue weighted by atomic mass is 35.5. The Morgan fingerprint density at radius 3 is 2.41 bits per heavy atom. The lowest BCUT2D eigenvalue weighted by molar-refractivity contribution is -0.128. The molecule has 29 heavy (non-hydrogen) atoms. The summed E-state index contributed by atoms with van der Waals surface area (Å²) in [7, 11) is -3.11. The van der Waals surface area contributed by atoms with Crippen LogP contribution in [-0.2, 0) is 27.6 Å². The van der Waals surface area contributed by atoms with Gasteiger partial charge in [0.25, 0.3) is 0 Å². The molecule has 1 amide bonds. The fourth-order valence-corrected chi connectivity index (χ4v) is 5.58. The molecule has 1 heterocycles. The molecule has 0 N–H and O–H groups in total. The Kier molecular flexibility index (Phi) is 7.04. The molecule has 3 rings (SSSR count). The molecule has 0 bridgehead atoms. The summed E-state index contributed by atoms with van der Waals surface area (Å²) in [5, 5.41) is 0.971. The molecule has 1 unspecified atom stereocenters. The maximum Gasteiger partial charge on any atom is 0.247 e. The molecule has 0 spiro atoms. The predicted molar refractivity (Wildman–Crippen MR) is 119 cm³/mol. The average molecular weight is 452 g/mol. The Morgan fingerprint density at radius 2 is 1.83 bits per heavy atom. The molecule has 2 aromatic rings. The van der Waals surface area contributed by atoms with Crippen molar-refractivity contribution in [3.8, 4) is 0 Å². The van der Waals surface area contributed by atoms with Crippen LogP contribution in [0.5, 0.6) is 0 Å². The van der Waals surface area contributed by atoms with Gasteiger partial charge < -0.3 is 4.90 Å². The number of benzene rings is 2. The van der Waals surface area contributed by atoms with Crippen molar-refractivity contribution in [1.82, 2.24) is 4.90 Å². The van der Waals surface area contributed by atoms with Crippen LogP contribution in [0.25, 0.3) is 6.08 Å². The summed E-state index contributed by atoms with van der Waals surface area (Å²) < 4.78 is 23.9. The van der Waals surface area contributed by atoms with E-state index < -0.39 is 9.84 Å². The molecule has 0 radical (unpaired) electrons. The minimum Gasteiger partial charge on any atom is -0.331 e. The molecule has 1 saturated heterocycles. The average Bonchev–Trinajstić information content (AvgIpc) is 3.05. The van der Waals surface area contributed by atoms with E-state index in [4.69, 9.17) is 23.2 Å². The molecule has 154 valence electrons. The quantitative estimate of drug-likeness (QED) is 0.593. The van der Waals surface area contributed by atoms with E-state index in [1.54, 1.807) is 29.2 Å². The zero-order valence-corrected chi connectivity index (χ0v) is 18.5. The van der Waals surface area contributed by atoms with Crippen molar-refractivity contribution < 1.29 is 13.2 Å². The minimum atomic E-state index is -3.11. The van der Waals surface area contributed by atoms with E-state index in [1.165, 1.54) is 11.6 Å². The van der Waals surface area contributed by atoms with Gasteiger partial charge in [-0.05, 0) is 47.7 Å². The van der Waals surface area contributed by atoms with E-state index >= 15 is 0 Å². The fraction of sp³-hybridized carbons (Fsp3) is 0.318. The molecule has 4 nitrogen and oxygen atoms in total. The molecule has 1 aliphatic heterocycles. The number of sulfone groups is 1. The van der Waals surface area contributed by atoms with Crippen molar-refractivity contribution >= 4 is 45.0 Å². The van der Waals surface area contributed by atoms with Gasteiger partial charge in [0.15, 0.2) is 9.84 Å². The first kappa shape index (κ1) is 21.9. The molecule has 0 aliphatic carbocycles. The summed E-state index contributed by atoms with van der Waals surface area (Å²) >= 11 is 12.1. The van der Waals surface area contributed by atoms with Crippen LogP contribution in [0.2, 0.25) is 10.0 Å². The molecular formula is C22H23Cl2NO3S. The molecular weight excluding hydrogens is 429 g/mol. The molecule has 7 heteroatoms. The first-order valence-corrected chi connectivity index (χ1v) is 12.1. The summed E-state index contributed by atoms with van der Waals surface area (Å²) in [6, 6.07) is 12.8. The van der Waals surface area contributed by atoms with Gasteiger partial charge >= 0.3 is 0 Å². The molecule has 1 aliphatic rings. The second-order valence-corrected chi connectivity index (χ2v) is 10.3. The Hall–Kier alpha value is -1.82. The summed E-state index contributed by atoms with van der Waals surface area (Å²) in [6.07, 6.45) is 4.48. The number of hydrogen-bond donors (Lipinski definition) is 0. The van der Waals surface area contributed by atoms with Gasteiger partial charge in [-0.3, -0.25) is 4.79 Å². The van der Waals surface area contributed by atoms with E-state index in [0.717, 1.165) is 12.0 Å². The highest BCUT2D eigenvalue weighted by Gasteiger charge is 2.34. The number of carbonyl (C=O) groups excluding carboxylic acids is 1. The normalized spacial score (nSPS) is 18.2. The number of carbonyl (C=O) groups is 1. The van der Waals surface area contributed by atoms with E-state index in [1.807, 2.05) is 24.3 Å². The first-order chi connectivity index (χ1) is 13.8. The smallest absolute Gasteiger partial charge is 0.247 e. The molecule has 0 aromatic heterocycles. The lowest BCUT2D eigenvalue weighted by Gasteiger charge is -2.27. The highest BCUT2D eigenvalue weighted by Crippen LogP contribution is 2.24. The maximum absolute atomic E-state index is 13.0. The Balaban J connectivity index is 1.83. The van der Waals surface area contributed by atoms with Crippen molar-refractivity contribution in [3.63, 3.8) is 0 Å². The van der Waals surface area contributed by atoms with Gasteiger partial charge in [0.05, 0.1) is 11.5 Å². The number of rotatable bonds is 6. The van der Waals surface area contributed by atoms with Gasteiger partial charge in [0.2, 0.25) is 5.91 Å². The Morgan fingerprint density at radius 1 is 1.14 bits per heavy atom. The van der Waals surface area contributed by atoms with Crippen LogP contribution in [0, 0.1) is 0 Å². The van der Waals surface area contributed by atoms with Gasteiger partial charge in [-0.1, -0.05) is 60.5 Å². The SMILES string of the molecule is CCc1ccc(CN(C(=O)C=Cc2ccc(Cl)cc2Cl)C2CCS(=O)(=O)C2)cc1. The highest BCUT2D eigenvalue weighted by molar-refractivity contribution is 7.91. The van der Waals surface area contributed by atoms with Crippen LogP contribution in [0.4, 0.5) is 0 Å². The molecule has 2 aromatic carbocycles. The van der Waals surface area contributed by atoms with Crippen molar-refractivity contribution in [2.45, 2.75) is 32.4 Å². The second-order valence-electron chi connectivity index (χ2n) is 7.19. The van der Waals surface area contributed by atoms with E-state index in [-0.39, 0.29) is 23.5 Å². The van der Waals surface area contributed by atoms with Crippen LogP contribution in [0.1, 0.15) is 30.0 Å². The second kappa shape index (κ2) is 9.33. The van der Waals surface area contributed by atoms with Crippen molar-refractivity contribution in [2.24, 2.45) is 0 Å². The minimum absolute atomic E-state index is 0.00131. The summed E-state index contributed by atoms with van der Waals surface area (Å²) in [5.41, 5.74) is 2.86. The number of halogens is 2. The van der Waals surface area contributed by atoms with Crippen LogP contribution in [0.15, 0.2) is 48.5 Å². The van der Waals surface area contributed by atoms with Gasteiger partial charge in [-0.25, -0.2) is 8.42 Å². The Labute approximate surface area is 182 Å². The van der Waals surface area contributed by atoms with E-state index in [0.29, 0.717) is 28.6 Å². The summed E-state index contributed by atoms with van der Waals surface area (Å²) in [4.78, 5) is 14.6. The third-order valence-corrected chi connectivity index (χ3v) is 7.40. The van der Waals surface area contributed by atoms with Gasteiger partial charge in [0.1, 0.15) is 0 Å². The summed E-state index contributed by atoms with van der Waals surface area (Å²) in [6.45, 7) is 2.45. The van der Waals surface area contributed by atoms with Gasteiger partial charge in [-0.2, -0.15) is 0 Å². The lowest BCUT2D eigenvalue weighted by Crippen LogP contribution is -2.39. The predicted octanol–water partition coefficient (Wildman–Crippen LogP) is 4.78.